The number of likely N-dealkylation sites (tertiary alicyclic amines) is 1. The first-order valence-corrected chi connectivity index (χ1v) is 10.5. The van der Waals surface area contributed by atoms with Crippen molar-refractivity contribution in [1.82, 2.24) is 15.1 Å². The van der Waals surface area contributed by atoms with Gasteiger partial charge >= 0.3 is 0 Å². The number of carbonyl (C=O) groups is 2. The molecule has 6 nitrogen and oxygen atoms in total. The van der Waals surface area contributed by atoms with Crippen molar-refractivity contribution >= 4 is 11.8 Å². The molecule has 0 unspecified atom stereocenters. The van der Waals surface area contributed by atoms with Crippen molar-refractivity contribution in [2.24, 2.45) is 5.92 Å². The van der Waals surface area contributed by atoms with Crippen LogP contribution in [0.1, 0.15) is 49.0 Å². The van der Waals surface area contributed by atoms with Gasteiger partial charge in [0.2, 0.25) is 5.91 Å². The van der Waals surface area contributed by atoms with E-state index in [2.05, 4.69) is 24.1 Å². The van der Waals surface area contributed by atoms with Crippen LogP contribution < -0.4 is 5.32 Å². The number of amides is 2. The predicted molar refractivity (Wildman–Crippen MR) is 111 cm³/mol. The maximum Gasteiger partial charge on any atom is 0.253 e. The molecular weight excluding hydrogens is 354 g/mol. The fourth-order valence-corrected chi connectivity index (χ4v) is 3.56. The molecule has 156 valence electrons. The van der Waals surface area contributed by atoms with Crippen molar-refractivity contribution in [2.45, 2.75) is 39.7 Å². The first-order chi connectivity index (χ1) is 13.6. The summed E-state index contributed by atoms with van der Waals surface area (Å²) in [6.07, 6.45) is 2.27. The fourth-order valence-electron chi connectivity index (χ4n) is 3.56. The third-order valence-electron chi connectivity index (χ3n) is 5.48. The molecule has 1 N–H and O–H groups in total. The van der Waals surface area contributed by atoms with E-state index < -0.39 is 0 Å². The van der Waals surface area contributed by atoms with Gasteiger partial charge in [-0.3, -0.25) is 14.5 Å². The van der Waals surface area contributed by atoms with Crippen LogP contribution in [0.15, 0.2) is 24.3 Å². The highest BCUT2D eigenvalue weighted by Gasteiger charge is 2.27. The monoisotopic (exact) mass is 389 g/mol. The Hall–Kier alpha value is -1.92. The second-order valence-corrected chi connectivity index (χ2v) is 7.36. The fraction of sp³-hybridized carbons (Fsp3) is 0.636. The van der Waals surface area contributed by atoms with Crippen molar-refractivity contribution < 1.29 is 14.3 Å². The summed E-state index contributed by atoms with van der Waals surface area (Å²) in [7, 11) is 1.66. The number of benzene rings is 1. The van der Waals surface area contributed by atoms with Crippen LogP contribution in [-0.2, 0) is 16.1 Å². The molecule has 2 amide bonds. The summed E-state index contributed by atoms with van der Waals surface area (Å²) in [6.45, 7) is 9.83. The number of hydrogen-bond donors (Lipinski definition) is 1. The third kappa shape index (κ3) is 6.60. The molecule has 28 heavy (non-hydrogen) atoms. The number of hydrogen-bond acceptors (Lipinski definition) is 4. The Morgan fingerprint density at radius 1 is 1.14 bits per heavy atom. The lowest BCUT2D eigenvalue weighted by Gasteiger charge is -2.31. The molecule has 1 aromatic carbocycles. The van der Waals surface area contributed by atoms with E-state index in [0.717, 1.165) is 44.5 Å². The predicted octanol–water partition coefficient (Wildman–Crippen LogP) is 2.53. The molecule has 6 heteroatoms. The van der Waals surface area contributed by atoms with E-state index in [1.165, 1.54) is 5.56 Å². The highest BCUT2D eigenvalue weighted by atomic mass is 16.5. The zero-order chi connectivity index (χ0) is 20.4. The molecule has 1 aliphatic heterocycles. The lowest BCUT2D eigenvalue weighted by atomic mass is 9.95. The zero-order valence-corrected chi connectivity index (χ0v) is 17.6. The van der Waals surface area contributed by atoms with E-state index in [0.29, 0.717) is 26.2 Å². The van der Waals surface area contributed by atoms with Crippen LogP contribution in [0.2, 0.25) is 0 Å². The van der Waals surface area contributed by atoms with E-state index in [-0.39, 0.29) is 17.7 Å². The Balaban J connectivity index is 1.80. The van der Waals surface area contributed by atoms with Crippen molar-refractivity contribution in [1.29, 1.82) is 0 Å². The van der Waals surface area contributed by atoms with Crippen LogP contribution in [0.4, 0.5) is 0 Å². The largest absolute Gasteiger partial charge is 0.385 e. The first kappa shape index (κ1) is 22.4. The minimum Gasteiger partial charge on any atom is -0.385 e. The van der Waals surface area contributed by atoms with E-state index in [4.69, 9.17) is 4.74 Å². The van der Waals surface area contributed by atoms with Gasteiger partial charge in [-0.15, -0.1) is 0 Å². The standard InChI is InChI=1S/C22H35N3O3/c1-4-24(5-2)17-18-7-9-20(10-8-18)22(27)25-14-11-19(12-15-25)21(26)23-13-6-16-28-3/h7-10,19H,4-6,11-17H2,1-3H3,(H,23,26). The van der Waals surface area contributed by atoms with Gasteiger partial charge < -0.3 is 15.0 Å². The molecule has 0 atom stereocenters. The summed E-state index contributed by atoms with van der Waals surface area (Å²) < 4.78 is 4.99. The summed E-state index contributed by atoms with van der Waals surface area (Å²) in [6, 6.07) is 7.95. The molecule has 1 aromatic rings. The molecule has 1 heterocycles. The minimum atomic E-state index is 0.00282. The number of nitrogens with one attached hydrogen (secondary N) is 1. The van der Waals surface area contributed by atoms with E-state index in [1.807, 2.05) is 29.2 Å². The van der Waals surface area contributed by atoms with E-state index >= 15 is 0 Å². The quantitative estimate of drug-likeness (QED) is 0.625. The van der Waals surface area contributed by atoms with Gasteiger partial charge in [0.1, 0.15) is 0 Å². The second kappa shape index (κ2) is 11.8. The van der Waals surface area contributed by atoms with Crippen molar-refractivity contribution in [3.05, 3.63) is 35.4 Å². The molecule has 0 radical (unpaired) electrons. The summed E-state index contributed by atoms with van der Waals surface area (Å²) in [5.41, 5.74) is 1.95. The highest BCUT2D eigenvalue weighted by Crippen LogP contribution is 2.20. The summed E-state index contributed by atoms with van der Waals surface area (Å²) in [5.74, 6) is 0.167. The molecule has 2 rings (SSSR count). The van der Waals surface area contributed by atoms with Gasteiger partial charge in [0.05, 0.1) is 0 Å². The molecule has 1 aliphatic rings. The van der Waals surface area contributed by atoms with Crippen LogP contribution >= 0.6 is 0 Å². The summed E-state index contributed by atoms with van der Waals surface area (Å²) in [5, 5.41) is 2.97. The number of ether oxygens (including phenoxy) is 1. The number of methoxy groups -OCH3 is 1. The Kier molecular flexibility index (Phi) is 9.44. The Bertz CT molecular complexity index is 606. The van der Waals surface area contributed by atoms with Crippen LogP contribution in [-0.4, -0.2) is 68.1 Å². The van der Waals surface area contributed by atoms with Gasteiger partial charge in [0.15, 0.2) is 0 Å². The SMILES string of the molecule is CCN(CC)Cc1ccc(C(=O)N2CCC(C(=O)NCCCOC)CC2)cc1. The lowest BCUT2D eigenvalue weighted by Crippen LogP contribution is -2.43. The van der Waals surface area contributed by atoms with Crippen LogP contribution in [0.3, 0.4) is 0 Å². The van der Waals surface area contributed by atoms with Gasteiger partial charge in [-0.05, 0) is 50.0 Å². The Labute approximate surface area is 169 Å². The van der Waals surface area contributed by atoms with Crippen LogP contribution in [0.5, 0.6) is 0 Å². The zero-order valence-electron chi connectivity index (χ0n) is 17.6. The Morgan fingerprint density at radius 3 is 2.36 bits per heavy atom. The molecule has 0 aromatic heterocycles. The number of rotatable bonds is 10. The van der Waals surface area contributed by atoms with Crippen molar-refractivity contribution in [2.75, 3.05) is 46.4 Å². The first-order valence-electron chi connectivity index (χ1n) is 10.5. The normalized spacial score (nSPS) is 15.1. The molecule has 0 saturated carbocycles. The molecule has 1 fully saturated rings. The number of carbonyl (C=O) groups excluding carboxylic acids is 2. The molecule has 0 spiro atoms. The van der Waals surface area contributed by atoms with Crippen molar-refractivity contribution in [3.63, 3.8) is 0 Å². The average Bonchev–Trinajstić information content (AvgIpc) is 2.75. The molecule has 0 aliphatic carbocycles. The van der Waals surface area contributed by atoms with Gasteiger partial charge in [0, 0.05) is 51.4 Å². The minimum absolute atomic E-state index is 0.00282. The average molecular weight is 390 g/mol. The second-order valence-electron chi connectivity index (χ2n) is 7.36. The van der Waals surface area contributed by atoms with Crippen LogP contribution in [0.25, 0.3) is 0 Å². The van der Waals surface area contributed by atoms with E-state index in [1.54, 1.807) is 7.11 Å². The van der Waals surface area contributed by atoms with Gasteiger partial charge in [-0.25, -0.2) is 0 Å². The third-order valence-corrected chi connectivity index (χ3v) is 5.48. The van der Waals surface area contributed by atoms with Gasteiger partial charge in [-0.2, -0.15) is 0 Å². The number of piperidine rings is 1. The summed E-state index contributed by atoms with van der Waals surface area (Å²) >= 11 is 0. The smallest absolute Gasteiger partial charge is 0.253 e. The summed E-state index contributed by atoms with van der Waals surface area (Å²) in [4.78, 5) is 29.2. The lowest BCUT2D eigenvalue weighted by molar-refractivity contribution is -0.126. The van der Waals surface area contributed by atoms with Gasteiger partial charge in [0.25, 0.3) is 5.91 Å². The molecule has 1 saturated heterocycles. The highest BCUT2D eigenvalue weighted by molar-refractivity contribution is 5.94. The van der Waals surface area contributed by atoms with Crippen LogP contribution in [0, 0.1) is 5.92 Å². The van der Waals surface area contributed by atoms with Crippen molar-refractivity contribution in [3.8, 4) is 0 Å². The molecular formula is C22H35N3O3. The van der Waals surface area contributed by atoms with E-state index in [9.17, 15) is 9.59 Å². The number of nitrogens with zero attached hydrogens (tertiary/aromatic N) is 2. The maximum atomic E-state index is 12.8. The maximum absolute atomic E-state index is 12.8. The Morgan fingerprint density at radius 2 is 1.79 bits per heavy atom. The van der Waals surface area contributed by atoms with Gasteiger partial charge in [-0.1, -0.05) is 26.0 Å². The topological polar surface area (TPSA) is 61.9 Å². The molecule has 0 bridgehead atoms.